The molecule has 2 fully saturated rings. The van der Waals surface area contributed by atoms with Crippen LogP contribution in [0.5, 0.6) is 0 Å². The second kappa shape index (κ2) is 9.65. The molecule has 6 heterocycles. The highest BCUT2D eigenvalue weighted by atomic mass is 32.1. The summed E-state index contributed by atoms with van der Waals surface area (Å²) < 4.78 is 57.1. The van der Waals surface area contributed by atoms with Gasteiger partial charge in [0.2, 0.25) is 0 Å². The fourth-order valence-corrected chi connectivity index (χ4v) is 6.99. The molecule has 43 heavy (non-hydrogen) atoms. The van der Waals surface area contributed by atoms with Crippen LogP contribution in [0.3, 0.4) is 0 Å². The fraction of sp³-hybridized carbons (Fsp3) is 0.250. The van der Waals surface area contributed by atoms with Crippen molar-refractivity contribution in [2.45, 2.75) is 24.9 Å². The predicted octanol–water partition coefficient (Wildman–Crippen LogP) is 6.51. The second-order valence-corrected chi connectivity index (χ2v) is 12.5. The number of anilines is 1. The number of likely N-dealkylation sites (N-methyl/N-ethyl adjacent to an activating group) is 1. The van der Waals surface area contributed by atoms with Crippen molar-refractivity contribution in [2.75, 3.05) is 31.6 Å². The molecule has 0 amide bonds. The molecule has 1 unspecified atom stereocenters. The van der Waals surface area contributed by atoms with E-state index in [4.69, 9.17) is 4.98 Å². The van der Waals surface area contributed by atoms with Crippen LogP contribution in [0.2, 0.25) is 0 Å². The molecule has 6 nitrogen and oxygen atoms in total. The molecule has 218 valence electrons. The summed E-state index contributed by atoms with van der Waals surface area (Å²) >= 11 is 1.08. The van der Waals surface area contributed by atoms with Crippen LogP contribution in [-0.4, -0.2) is 52.5 Å². The Morgan fingerprint density at radius 2 is 1.95 bits per heavy atom. The lowest BCUT2D eigenvalue weighted by molar-refractivity contribution is 0.0115. The van der Waals surface area contributed by atoms with E-state index in [1.807, 2.05) is 36.2 Å². The average molecular weight is 603 g/mol. The van der Waals surface area contributed by atoms with Gasteiger partial charge in [-0.25, -0.2) is 18.2 Å². The number of pyridine rings is 1. The number of imidazole rings is 1. The van der Waals surface area contributed by atoms with Gasteiger partial charge in [-0.15, -0.1) is 11.3 Å². The molecule has 1 atom stereocenters. The van der Waals surface area contributed by atoms with Crippen LogP contribution in [0.1, 0.15) is 45.7 Å². The van der Waals surface area contributed by atoms with Crippen LogP contribution in [0.15, 0.2) is 66.7 Å². The topological polar surface area (TPSA) is 70.0 Å². The van der Waals surface area contributed by atoms with Crippen LogP contribution in [0.4, 0.5) is 23.2 Å². The number of allylic oxidation sites excluding steroid dienone is 2. The van der Waals surface area contributed by atoms with Gasteiger partial charge in [-0.2, -0.15) is 4.39 Å². The lowest BCUT2D eigenvalue weighted by Gasteiger charge is -2.27. The van der Waals surface area contributed by atoms with Crippen molar-refractivity contribution in [1.29, 1.82) is 0 Å². The molecular weight excluding hydrogens is 576 g/mol. The Hall–Kier alpha value is -4.22. The van der Waals surface area contributed by atoms with Gasteiger partial charge in [0.05, 0.1) is 17.9 Å². The molecule has 4 aliphatic rings. The molecule has 0 radical (unpaired) electrons. The maximum atomic E-state index is 15.7. The first-order chi connectivity index (χ1) is 20.7. The van der Waals surface area contributed by atoms with Gasteiger partial charge in [-0.1, -0.05) is 6.08 Å². The Labute approximate surface area is 249 Å². The minimum absolute atomic E-state index is 0.00861. The quantitative estimate of drug-likeness (QED) is 0.202. The first-order valence-corrected chi connectivity index (χ1v) is 14.9. The molecule has 0 spiro atoms. The summed E-state index contributed by atoms with van der Waals surface area (Å²) in [7, 11) is 1.91. The zero-order valence-corrected chi connectivity index (χ0v) is 23.9. The van der Waals surface area contributed by atoms with Crippen molar-refractivity contribution >= 4 is 28.2 Å². The molecule has 8 rings (SSSR count). The molecule has 4 aromatic rings. The molecule has 3 aliphatic heterocycles. The second-order valence-electron chi connectivity index (χ2n) is 11.5. The highest BCUT2D eigenvalue weighted by Gasteiger charge is 2.39. The molecule has 1 aliphatic carbocycles. The maximum absolute atomic E-state index is 15.7. The number of halogens is 4. The molecule has 2 saturated heterocycles. The highest BCUT2D eigenvalue weighted by Crippen LogP contribution is 2.45. The molecule has 0 bridgehead atoms. The van der Waals surface area contributed by atoms with Crippen molar-refractivity contribution in [3.8, 4) is 11.1 Å². The lowest BCUT2D eigenvalue weighted by Crippen LogP contribution is -2.24. The number of aromatic nitrogens is 3. The number of nitrogens with one attached hydrogen (secondary N) is 2. The number of rotatable bonds is 5. The Bertz CT molecular complexity index is 1890. The van der Waals surface area contributed by atoms with Gasteiger partial charge < -0.3 is 15.2 Å². The van der Waals surface area contributed by atoms with Crippen molar-refractivity contribution in [2.24, 2.45) is 0 Å². The molecule has 11 heteroatoms. The van der Waals surface area contributed by atoms with E-state index in [9.17, 15) is 13.2 Å². The van der Waals surface area contributed by atoms with Crippen molar-refractivity contribution < 1.29 is 17.6 Å². The van der Waals surface area contributed by atoms with Gasteiger partial charge in [0.25, 0.3) is 5.92 Å². The number of alkyl halides is 2. The van der Waals surface area contributed by atoms with Crippen LogP contribution in [0, 0.1) is 10.9 Å². The summed E-state index contributed by atoms with van der Waals surface area (Å²) in [5.74, 6) is -2.43. The number of thiophene rings is 1. The predicted molar refractivity (Wildman–Crippen MR) is 159 cm³/mol. The zero-order valence-electron chi connectivity index (χ0n) is 23.1. The Balaban J connectivity index is 1.17. The number of fused-ring (bicyclic) bond motifs is 4. The standard InChI is InChI=1S/C32H26F4N6S/c1-41-8-6-19(31-39-28-20(26-4-5-27(34)43-26)2-3-24-29(38-24)30(28)40-31)22-11-21(23(33)12-25(22)41)18-10-17(13-37-14-18)15-42-9-7-32(35,36)16-42/h2-6,10-14,29,38H,7-9,15-16H2,1H3,(H,39,40). The molecule has 2 N–H and O–H groups in total. The van der Waals surface area contributed by atoms with Gasteiger partial charge >= 0.3 is 0 Å². The third-order valence-corrected chi connectivity index (χ3v) is 9.36. The number of hydrogen-bond acceptors (Lipinski definition) is 6. The summed E-state index contributed by atoms with van der Waals surface area (Å²) in [5, 5.41) is 3.11. The monoisotopic (exact) mass is 602 g/mol. The van der Waals surface area contributed by atoms with E-state index in [2.05, 4.69) is 21.4 Å². The van der Waals surface area contributed by atoms with Gasteiger partial charge in [0, 0.05) is 89.6 Å². The van der Waals surface area contributed by atoms with Crippen molar-refractivity contribution in [3.63, 3.8) is 0 Å². The van der Waals surface area contributed by atoms with E-state index in [0.717, 1.165) is 61.3 Å². The SMILES string of the molecule is CN1CC=C(c2nc3c([nH]2)C2NC2=CC=C3c2ccc(F)s2)c2cc(-c3cncc(CN4CCC(F)(F)C4)c3)c(F)cc21. The lowest BCUT2D eigenvalue weighted by atomic mass is 9.93. The van der Waals surface area contributed by atoms with Crippen LogP contribution < -0.4 is 10.2 Å². The summed E-state index contributed by atoms with van der Waals surface area (Å²) in [6, 6.07) is 8.40. The number of nitrogens with zero attached hydrogens (tertiary/aromatic N) is 4. The average Bonchev–Trinajstić information content (AvgIpc) is 3.24. The first-order valence-electron chi connectivity index (χ1n) is 14.1. The molecule has 3 aromatic heterocycles. The Morgan fingerprint density at radius 3 is 2.74 bits per heavy atom. The van der Waals surface area contributed by atoms with E-state index in [1.54, 1.807) is 23.4 Å². The first kappa shape index (κ1) is 26.4. The molecule has 1 aromatic carbocycles. The normalized spacial score (nSPS) is 20.3. The summed E-state index contributed by atoms with van der Waals surface area (Å²) in [5.41, 5.74) is 7.66. The van der Waals surface area contributed by atoms with Crippen LogP contribution in [0.25, 0.3) is 22.3 Å². The summed E-state index contributed by atoms with van der Waals surface area (Å²) in [4.78, 5) is 17.4. The van der Waals surface area contributed by atoms with Gasteiger partial charge in [-0.05, 0) is 48.0 Å². The number of benzene rings is 1. The zero-order chi connectivity index (χ0) is 29.5. The summed E-state index contributed by atoms with van der Waals surface area (Å²) in [6.07, 6.45) is 9.12. The molecule has 0 saturated carbocycles. The van der Waals surface area contributed by atoms with Gasteiger partial charge in [-0.3, -0.25) is 9.88 Å². The van der Waals surface area contributed by atoms with E-state index in [1.165, 1.54) is 12.1 Å². The van der Waals surface area contributed by atoms with Crippen molar-refractivity contribution in [1.82, 2.24) is 25.2 Å². The molecular formula is C32H26F4N6S. The fourth-order valence-electron chi connectivity index (χ4n) is 6.23. The minimum Gasteiger partial charge on any atom is -0.373 e. The third-order valence-electron chi connectivity index (χ3n) is 8.45. The van der Waals surface area contributed by atoms with Crippen molar-refractivity contribution in [3.05, 3.63) is 111 Å². The maximum Gasteiger partial charge on any atom is 0.261 e. The van der Waals surface area contributed by atoms with E-state index in [-0.39, 0.29) is 24.1 Å². The van der Waals surface area contributed by atoms with Crippen LogP contribution in [-0.2, 0) is 6.54 Å². The van der Waals surface area contributed by atoms with Gasteiger partial charge in [0.1, 0.15) is 17.7 Å². The van der Waals surface area contributed by atoms with Crippen LogP contribution >= 0.6 is 11.3 Å². The number of hydrogen-bond donors (Lipinski definition) is 2. The number of likely N-dealkylation sites (tertiary alicyclic amines) is 1. The minimum atomic E-state index is -2.68. The van der Waals surface area contributed by atoms with E-state index < -0.39 is 11.7 Å². The third kappa shape index (κ3) is 4.67. The number of aromatic amines is 1. The number of H-pyrrole nitrogens is 1. The van der Waals surface area contributed by atoms with Gasteiger partial charge in [0.15, 0.2) is 5.13 Å². The highest BCUT2D eigenvalue weighted by molar-refractivity contribution is 7.11. The smallest absolute Gasteiger partial charge is 0.261 e. The Morgan fingerprint density at radius 1 is 1.07 bits per heavy atom. The Kier molecular flexibility index (Phi) is 5.93. The largest absolute Gasteiger partial charge is 0.373 e. The van der Waals surface area contributed by atoms with E-state index >= 15 is 4.39 Å². The van der Waals surface area contributed by atoms with E-state index in [0.29, 0.717) is 36.6 Å². The summed E-state index contributed by atoms with van der Waals surface area (Å²) in [6.45, 7) is 0.911.